The normalized spacial score (nSPS) is 22.1. The number of rotatable bonds is 3. The Kier molecular flexibility index (Phi) is 3.99. The number of carboxylic acid groups (broad SMARTS) is 1. The van der Waals surface area contributed by atoms with E-state index in [2.05, 4.69) is 0 Å². The van der Waals surface area contributed by atoms with Crippen LogP contribution in [0, 0.1) is 11.6 Å². The molecule has 0 saturated carbocycles. The zero-order valence-corrected chi connectivity index (χ0v) is 10.4. The summed E-state index contributed by atoms with van der Waals surface area (Å²) in [5, 5.41) is 18.4. The molecule has 2 N–H and O–H groups in total. The van der Waals surface area contributed by atoms with Gasteiger partial charge in [-0.3, -0.25) is 4.79 Å². The van der Waals surface area contributed by atoms with Crippen molar-refractivity contribution < 1.29 is 28.6 Å². The minimum atomic E-state index is -1.25. The van der Waals surface area contributed by atoms with Crippen LogP contribution in [-0.4, -0.2) is 45.7 Å². The summed E-state index contributed by atoms with van der Waals surface area (Å²) >= 11 is 0. The fraction of sp³-hybridized carbons (Fsp3) is 0.385. The van der Waals surface area contributed by atoms with Crippen molar-refractivity contribution in [3.05, 3.63) is 35.4 Å². The van der Waals surface area contributed by atoms with E-state index in [1.807, 2.05) is 0 Å². The molecular formula is C13H13F2NO4. The number of amides is 1. The molecule has 1 aliphatic heterocycles. The van der Waals surface area contributed by atoms with Gasteiger partial charge in [0.05, 0.1) is 12.5 Å². The summed E-state index contributed by atoms with van der Waals surface area (Å²) in [5.41, 5.74) is -0.400. The van der Waals surface area contributed by atoms with Crippen molar-refractivity contribution in [1.29, 1.82) is 0 Å². The van der Waals surface area contributed by atoms with E-state index in [9.17, 15) is 23.5 Å². The molecule has 1 aliphatic rings. The van der Waals surface area contributed by atoms with Crippen LogP contribution < -0.4 is 0 Å². The number of hydrogen-bond donors (Lipinski definition) is 2. The van der Waals surface area contributed by atoms with Crippen LogP contribution in [0.4, 0.5) is 8.78 Å². The number of β-amino-alcohol motifs (C(OH)–C–C–N with tert-alkyl or cyclic N) is 1. The molecule has 108 valence electrons. The molecule has 1 aromatic carbocycles. The number of nitrogens with zero attached hydrogens (tertiary/aromatic N) is 1. The third kappa shape index (κ3) is 2.77. The van der Waals surface area contributed by atoms with Crippen LogP contribution in [-0.2, 0) is 16.0 Å². The van der Waals surface area contributed by atoms with Gasteiger partial charge in [0.1, 0.15) is 17.7 Å². The number of aliphatic hydroxyl groups is 1. The third-order valence-corrected chi connectivity index (χ3v) is 3.27. The Morgan fingerprint density at radius 3 is 2.45 bits per heavy atom. The van der Waals surface area contributed by atoms with Gasteiger partial charge in [-0.05, 0) is 12.1 Å². The molecule has 20 heavy (non-hydrogen) atoms. The van der Waals surface area contributed by atoms with Gasteiger partial charge in [0.2, 0.25) is 5.91 Å². The van der Waals surface area contributed by atoms with Crippen LogP contribution in [0.1, 0.15) is 12.0 Å². The lowest BCUT2D eigenvalue weighted by Crippen LogP contribution is -2.41. The topological polar surface area (TPSA) is 77.8 Å². The lowest BCUT2D eigenvalue weighted by Gasteiger charge is -2.21. The van der Waals surface area contributed by atoms with Crippen molar-refractivity contribution in [3.63, 3.8) is 0 Å². The summed E-state index contributed by atoms with van der Waals surface area (Å²) in [6.07, 6.45) is -1.60. The molecule has 1 heterocycles. The molecule has 1 saturated heterocycles. The molecule has 2 atom stereocenters. The fourth-order valence-electron chi connectivity index (χ4n) is 2.28. The molecule has 1 amide bonds. The van der Waals surface area contributed by atoms with E-state index in [4.69, 9.17) is 5.11 Å². The number of carbonyl (C=O) groups excluding carboxylic acids is 1. The van der Waals surface area contributed by atoms with E-state index in [-0.39, 0.29) is 13.0 Å². The van der Waals surface area contributed by atoms with Gasteiger partial charge in [0, 0.05) is 18.5 Å². The number of carbonyl (C=O) groups is 2. The highest BCUT2D eigenvalue weighted by atomic mass is 19.1. The second-order valence-electron chi connectivity index (χ2n) is 4.67. The molecule has 2 rings (SSSR count). The predicted molar refractivity (Wildman–Crippen MR) is 63.8 cm³/mol. The van der Waals surface area contributed by atoms with Crippen LogP contribution in [0.5, 0.6) is 0 Å². The third-order valence-electron chi connectivity index (χ3n) is 3.27. The zero-order chi connectivity index (χ0) is 14.9. The molecule has 0 aliphatic carbocycles. The summed E-state index contributed by atoms with van der Waals surface area (Å²) in [6.45, 7) is -0.147. The van der Waals surface area contributed by atoms with Gasteiger partial charge >= 0.3 is 5.97 Å². The Morgan fingerprint density at radius 1 is 1.30 bits per heavy atom. The van der Waals surface area contributed by atoms with Gasteiger partial charge in [0.15, 0.2) is 0 Å². The highest BCUT2D eigenvalue weighted by molar-refractivity contribution is 5.85. The first-order chi connectivity index (χ1) is 9.40. The molecule has 5 nitrogen and oxygen atoms in total. The number of aliphatic carboxylic acids is 1. The lowest BCUT2D eigenvalue weighted by atomic mass is 10.1. The van der Waals surface area contributed by atoms with E-state index in [0.29, 0.717) is 0 Å². The number of carboxylic acids is 1. The summed E-state index contributed by atoms with van der Waals surface area (Å²) in [5.74, 6) is -3.68. The van der Waals surface area contributed by atoms with E-state index >= 15 is 0 Å². The molecule has 0 bridgehead atoms. The van der Waals surface area contributed by atoms with Gasteiger partial charge in [-0.2, -0.15) is 0 Å². The molecule has 1 aromatic rings. The fourth-order valence-corrected chi connectivity index (χ4v) is 2.28. The Bertz CT molecular complexity index is 529. The number of hydrogen-bond acceptors (Lipinski definition) is 3. The van der Waals surface area contributed by atoms with Crippen molar-refractivity contribution in [2.24, 2.45) is 0 Å². The van der Waals surface area contributed by atoms with Gasteiger partial charge in [-0.25, -0.2) is 13.6 Å². The first kappa shape index (κ1) is 14.4. The minimum Gasteiger partial charge on any atom is -0.480 e. The maximum Gasteiger partial charge on any atom is 0.326 e. The molecule has 0 spiro atoms. The average Bonchev–Trinajstić information content (AvgIpc) is 2.76. The van der Waals surface area contributed by atoms with Crippen LogP contribution in [0.2, 0.25) is 0 Å². The quantitative estimate of drug-likeness (QED) is 0.850. The minimum absolute atomic E-state index is 0.0825. The monoisotopic (exact) mass is 285 g/mol. The van der Waals surface area contributed by atoms with E-state index in [1.165, 1.54) is 6.07 Å². The SMILES string of the molecule is O=C(O)[C@@H]1CC(O)CN1C(=O)Cc1c(F)cccc1F. The number of likely N-dealkylation sites (tertiary alicyclic amines) is 1. The standard InChI is InChI=1S/C13H13F2NO4/c14-9-2-1-3-10(15)8(9)5-12(18)16-6-7(17)4-11(16)13(19)20/h1-3,7,11,17H,4-6H2,(H,19,20)/t7?,11-/m0/s1. The average molecular weight is 285 g/mol. The molecule has 7 heteroatoms. The Balaban J connectivity index is 2.18. The summed E-state index contributed by atoms with van der Waals surface area (Å²) in [6, 6.07) is 2.07. The molecular weight excluding hydrogens is 272 g/mol. The lowest BCUT2D eigenvalue weighted by molar-refractivity contribution is -0.148. The van der Waals surface area contributed by atoms with Gasteiger partial charge in [-0.15, -0.1) is 0 Å². The van der Waals surface area contributed by atoms with Crippen LogP contribution >= 0.6 is 0 Å². The van der Waals surface area contributed by atoms with Gasteiger partial charge in [-0.1, -0.05) is 6.07 Å². The first-order valence-electron chi connectivity index (χ1n) is 6.03. The molecule has 1 fully saturated rings. The van der Waals surface area contributed by atoms with Crippen molar-refractivity contribution in [2.75, 3.05) is 6.54 Å². The Hall–Kier alpha value is -2.02. The number of aliphatic hydroxyl groups excluding tert-OH is 1. The summed E-state index contributed by atoms with van der Waals surface area (Å²) in [7, 11) is 0. The number of benzene rings is 1. The van der Waals surface area contributed by atoms with Gasteiger partial charge in [0.25, 0.3) is 0 Å². The number of halogens is 2. The smallest absolute Gasteiger partial charge is 0.326 e. The zero-order valence-electron chi connectivity index (χ0n) is 10.4. The Morgan fingerprint density at radius 2 is 1.90 bits per heavy atom. The van der Waals surface area contributed by atoms with Crippen LogP contribution in [0.3, 0.4) is 0 Å². The van der Waals surface area contributed by atoms with Crippen molar-refractivity contribution in [1.82, 2.24) is 4.90 Å². The highest BCUT2D eigenvalue weighted by Gasteiger charge is 2.39. The maximum atomic E-state index is 13.5. The summed E-state index contributed by atoms with van der Waals surface area (Å²) < 4.78 is 26.9. The van der Waals surface area contributed by atoms with E-state index in [1.54, 1.807) is 0 Å². The van der Waals surface area contributed by atoms with Crippen molar-refractivity contribution in [3.8, 4) is 0 Å². The largest absolute Gasteiger partial charge is 0.480 e. The second-order valence-corrected chi connectivity index (χ2v) is 4.67. The molecule has 1 unspecified atom stereocenters. The first-order valence-corrected chi connectivity index (χ1v) is 6.03. The van der Waals surface area contributed by atoms with Gasteiger partial charge < -0.3 is 15.1 Å². The molecule has 0 aromatic heterocycles. The van der Waals surface area contributed by atoms with Crippen molar-refractivity contribution in [2.45, 2.75) is 25.0 Å². The van der Waals surface area contributed by atoms with Crippen molar-refractivity contribution >= 4 is 11.9 Å². The molecule has 0 radical (unpaired) electrons. The second kappa shape index (κ2) is 5.54. The van der Waals surface area contributed by atoms with Crippen LogP contribution in [0.25, 0.3) is 0 Å². The Labute approximate surface area is 113 Å². The van der Waals surface area contributed by atoms with E-state index in [0.717, 1.165) is 17.0 Å². The van der Waals surface area contributed by atoms with Crippen LogP contribution in [0.15, 0.2) is 18.2 Å². The predicted octanol–water partition coefficient (Wildman–Crippen LogP) is 0.554. The summed E-state index contributed by atoms with van der Waals surface area (Å²) in [4.78, 5) is 23.9. The maximum absolute atomic E-state index is 13.5. The highest BCUT2D eigenvalue weighted by Crippen LogP contribution is 2.21. The van der Waals surface area contributed by atoms with E-state index < -0.39 is 47.6 Å².